The highest BCUT2D eigenvalue weighted by atomic mass is 19.4. The molecule has 0 bridgehead atoms. The maximum absolute atomic E-state index is 13.5. The molecular weight excluding hydrogens is 545 g/mol. The van der Waals surface area contributed by atoms with Crippen LogP contribution in [-0.4, -0.2) is 67.7 Å². The minimum atomic E-state index is -4.52. The fourth-order valence-corrected chi connectivity index (χ4v) is 5.86. The van der Waals surface area contributed by atoms with Crippen LogP contribution in [0, 0.1) is 11.3 Å². The molecule has 0 saturated carbocycles. The van der Waals surface area contributed by atoms with E-state index in [0.717, 1.165) is 23.3 Å². The van der Waals surface area contributed by atoms with Crippen molar-refractivity contribution < 1.29 is 22.7 Å². The molecule has 1 spiro atoms. The maximum atomic E-state index is 13.5. The van der Waals surface area contributed by atoms with Gasteiger partial charge in [0.25, 0.3) is 0 Å². The summed E-state index contributed by atoms with van der Waals surface area (Å²) in [6, 6.07) is 12.9. The fraction of sp³-hybridized carbons (Fsp3) is 0.419. The maximum Gasteiger partial charge on any atom is 0.416 e. The minimum absolute atomic E-state index is 0.000897. The average Bonchev–Trinajstić information content (AvgIpc) is 3.29. The van der Waals surface area contributed by atoms with Gasteiger partial charge in [0.15, 0.2) is 0 Å². The topological polar surface area (TPSA) is 85.6 Å². The van der Waals surface area contributed by atoms with Crippen LogP contribution < -0.4 is 14.5 Å². The summed E-state index contributed by atoms with van der Waals surface area (Å²) in [7, 11) is 3.85. The summed E-state index contributed by atoms with van der Waals surface area (Å²) in [6.45, 7) is 4.47. The molecule has 0 atom stereocenters. The monoisotopic (exact) mass is 578 g/mol. The lowest BCUT2D eigenvalue weighted by molar-refractivity contribution is -0.137. The number of carbonyl (C=O) groups is 1. The molecule has 2 aromatic heterocycles. The van der Waals surface area contributed by atoms with Crippen LogP contribution in [0.25, 0.3) is 11.3 Å². The third-order valence-corrected chi connectivity index (χ3v) is 8.07. The second kappa shape index (κ2) is 11.6. The zero-order valence-corrected chi connectivity index (χ0v) is 23.9. The first-order valence-corrected chi connectivity index (χ1v) is 14.0. The summed E-state index contributed by atoms with van der Waals surface area (Å²) < 4.78 is 45.5. The van der Waals surface area contributed by atoms with Crippen molar-refractivity contribution in [1.82, 2.24) is 14.9 Å². The molecule has 11 heteroatoms. The Balaban J connectivity index is 1.47. The number of fused-ring (bicyclic) bond motifs is 2. The quantitative estimate of drug-likeness (QED) is 0.378. The molecule has 3 aromatic rings. The van der Waals surface area contributed by atoms with Crippen LogP contribution in [-0.2, 0) is 16.4 Å². The summed E-state index contributed by atoms with van der Waals surface area (Å²) in [5.74, 6) is 1.09. The van der Waals surface area contributed by atoms with E-state index in [1.807, 2.05) is 61.2 Å². The van der Waals surface area contributed by atoms with E-state index >= 15 is 0 Å². The SMILES string of the molecule is CCOc1ncccc1-c1ccc2c(n1)N(C(=O)CCN(C)C)CC21CCN(c2ccc(C(F)(F)F)cc2C#N)CC1. The number of hydrogen-bond donors (Lipinski definition) is 0. The molecule has 2 aliphatic rings. The van der Waals surface area contributed by atoms with E-state index in [9.17, 15) is 23.2 Å². The van der Waals surface area contributed by atoms with Crippen molar-refractivity contribution in [3.63, 3.8) is 0 Å². The van der Waals surface area contributed by atoms with E-state index in [1.165, 1.54) is 6.07 Å². The number of nitrogens with zero attached hydrogens (tertiary/aromatic N) is 6. The lowest BCUT2D eigenvalue weighted by Crippen LogP contribution is -2.46. The summed E-state index contributed by atoms with van der Waals surface area (Å²) in [4.78, 5) is 28.6. The largest absolute Gasteiger partial charge is 0.477 e. The van der Waals surface area contributed by atoms with Crippen LogP contribution >= 0.6 is 0 Å². The van der Waals surface area contributed by atoms with Crippen molar-refractivity contribution in [2.24, 2.45) is 0 Å². The first kappa shape index (κ1) is 29.3. The number of rotatable bonds is 7. The molecular formula is C31H33F3N6O2. The zero-order chi connectivity index (χ0) is 30.1. The molecule has 0 N–H and O–H groups in total. The molecule has 42 heavy (non-hydrogen) atoms. The minimum Gasteiger partial charge on any atom is -0.477 e. The predicted molar refractivity (Wildman–Crippen MR) is 153 cm³/mol. The third-order valence-electron chi connectivity index (χ3n) is 8.07. The van der Waals surface area contributed by atoms with Crippen molar-refractivity contribution in [2.75, 3.05) is 56.7 Å². The number of hydrogen-bond acceptors (Lipinski definition) is 7. The predicted octanol–water partition coefficient (Wildman–Crippen LogP) is 5.27. The highest BCUT2D eigenvalue weighted by molar-refractivity contribution is 5.96. The van der Waals surface area contributed by atoms with E-state index in [-0.39, 0.29) is 16.9 Å². The van der Waals surface area contributed by atoms with E-state index in [2.05, 4.69) is 4.98 Å². The number of halogens is 3. The molecule has 0 radical (unpaired) electrons. The smallest absolute Gasteiger partial charge is 0.416 e. The van der Waals surface area contributed by atoms with Gasteiger partial charge in [-0.15, -0.1) is 0 Å². The fourth-order valence-electron chi connectivity index (χ4n) is 5.86. The molecule has 1 aromatic carbocycles. The molecule has 1 saturated heterocycles. The van der Waals surface area contributed by atoms with Gasteiger partial charge in [0.05, 0.1) is 34.7 Å². The number of piperidine rings is 1. The Bertz CT molecular complexity index is 1510. The van der Waals surface area contributed by atoms with E-state index in [4.69, 9.17) is 9.72 Å². The Labute approximate surface area is 243 Å². The number of nitriles is 1. The molecule has 0 unspecified atom stereocenters. The van der Waals surface area contributed by atoms with Gasteiger partial charge in [0.2, 0.25) is 11.8 Å². The van der Waals surface area contributed by atoms with Crippen molar-refractivity contribution >= 4 is 17.4 Å². The molecule has 0 aliphatic carbocycles. The van der Waals surface area contributed by atoms with E-state index < -0.39 is 11.7 Å². The van der Waals surface area contributed by atoms with Crippen LogP contribution in [0.15, 0.2) is 48.7 Å². The van der Waals surface area contributed by atoms with Gasteiger partial charge in [-0.25, -0.2) is 9.97 Å². The number of anilines is 2. The molecule has 8 nitrogen and oxygen atoms in total. The summed E-state index contributed by atoms with van der Waals surface area (Å²) in [6.07, 6.45) is -1.20. The Hall–Kier alpha value is -4.17. The summed E-state index contributed by atoms with van der Waals surface area (Å²) in [5, 5.41) is 9.62. The number of pyridine rings is 2. The lowest BCUT2D eigenvalue weighted by Gasteiger charge is -2.41. The van der Waals surface area contributed by atoms with Gasteiger partial charge >= 0.3 is 6.18 Å². The average molecular weight is 579 g/mol. The van der Waals surface area contributed by atoms with Gasteiger partial charge < -0.3 is 14.5 Å². The van der Waals surface area contributed by atoms with Gasteiger partial charge in [0, 0.05) is 49.8 Å². The Morgan fingerprint density at radius 3 is 2.60 bits per heavy atom. The second-order valence-electron chi connectivity index (χ2n) is 11.0. The number of benzene rings is 1. The summed E-state index contributed by atoms with van der Waals surface area (Å²) in [5.41, 5.74) is 1.68. The van der Waals surface area contributed by atoms with Crippen LogP contribution in [0.3, 0.4) is 0 Å². The molecule has 2 aliphatic heterocycles. The van der Waals surface area contributed by atoms with E-state index in [1.54, 1.807) is 11.1 Å². The van der Waals surface area contributed by atoms with Gasteiger partial charge in [-0.1, -0.05) is 6.07 Å². The molecule has 4 heterocycles. The van der Waals surface area contributed by atoms with Crippen LogP contribution in [0.1, 0.15) is 42.9 Å². The first-order chi connectivity index (χ1) is 20.1. The Kier molecular flexibility index (Phi) is 8.10. The number of alkyl halides is 3. The van der Waals surface area contributed by atoms with Gasteiger partial charge in [-0.05, 0) is 70.3 Å². The van der Waals surface area contributed by atoms with Crippen molar-refractivity contribution in [1.29, 1.82) is 5.26 Å². The van der Waals surface area contributed by atoms with Crippen LogP contribution in [0.2, 0.25) is 0 Å². The number of aromatic nitrogens is 2. The first-order valence-electron chi connectivity index (χ1n) is 14.0. The van der Waals surface area contributed by atoms with Crippen molar-refractivity contribution in [3.05, 3.63) is 65.4 Å². The highest BCUT2D eigenvalue weighted by Crippen LogP contribution is 2.48. The second-order valence-corrected chi connectivity index (χ2v) is 11.0. The molecule has 220 valence electrons. The molecule has 5 rings (SSSR count). The third kappa shape index (κ3) is 5.63. The number of amides is 1. The van der Waals surface area contributed by atoms with Crippen LogP contribution in [0.5, 0.6) is 5.88 Å². The highest BCUT2D eigenvalue weighted by Gasteiger charge is 2.47. The van der Waals surface area contributed by atoms with Crippen molar-refractivity contribution in [2.45, 2.75) is 37.8 Å². The van der Waals surface area contributed by atoms with E-state index in [0.29, 0.717) is 75.1 Å². The normalized spacial score (nSPS) is 16.0. The number of ether oxygens (including phenoxy) is 1. The van der Waals surface area contributed by atoms with Gasteiger partial charge in [-0.3, -0.25) is 9.69 Å². The van der Waals surface area contributed by atoms with Gasteiger partial charge in [-0.2, -0.15) is 18.4 Å². The van der Waals surface area contributed by atoms with Gasteiger partial charge in [0.1, 0.15) is 11.9 Å². The Morgan fingerprint density at radius 1 is 1.17 bits per heavy atom. The zero-order valence-electron chi connectivity index (χ0n) is 23.9. The summed E-state index contributed by atoms with van der Waals surface area (Å²) >= 11 is 0. The standard InChI is InChI=1S/C31H33F3N6O2/c1-4-42-29-23(6-5-14-36-29)25-9-8-24-28(37-25)40(27(41)11-15-38(2)3)20-30(24)12-16-39(17-13-30)26-10-7-22(31(32,33)34)18-21(26)19-35/h5-10,14,18H,4,11-13,15-17,20H2,1-3H3. The van der Waals surface area contributed by atoms with Crippen molar-refractivity contribution in [3.8, 4) is 23.2 Å². The van der Waals surface area contributed by atoms with Crippen LogP contribution in [0.4, 0.5) is 24.7 Å². The number of carbonyl (C=O) groups excluding carboxylic acids is 1. The molecule has 1 fully saturated rings. The molecule has 1 amide bonds. The Morgan fingerprint density at radius 2 is 1.93 bits per heavy atom. The lowest BCUT2D eigenvalue weighted by atomic mass is 9.74.